The van der Waals surface area contributed by atoms with Crippen molar-refractivity contribution in [1.82, 2.24) is 15.3 Å². The summed E-state index contributed by atoms with van der Waals surface area (Å²) in [5, 5.41) is 22.0. The molecular formula is C20H31BrN4O4. The molecule has 0 aliphatic carbocycles. The van der Waals surface area contributed by atoms with Crippen molar-refractivity contribution in [3.8, 4) is 0 Å². The normalized spacial score (nSPS) is 26.7. The molecule has 0 bridgehead atoms. The van der Waals surface area contributed by atoms with Crippen molar-refractivity contribution in [3.05, 3.63) is 16.0 Å². The van der Waals surface area contributed by atoms with E-state index in [-0.39, 0.29) is 35.7 Å². The van der Waals surface area contributed by atoms with E-state index in [1.165, 1.54) is 0 Å². The molecule has 1 spiro atoms. The zero-order valence-corrected chi connectivity index (χ0v) is 19.3. The summed E-state index contributed by atoms with van der Waals surface area (Å²) in [5.74, 6) is 0.699. The topological polar surface area (TPSA) is 108 Å². The molecule has 1 aromatic rings. The number of rotatable bonds is 3. The maximum atomic E-state index is 11.6. The fourth-order valence-corrected chi connectivity index (χ4v) is 5.08. The van der Waals surface area contributed by atoms with E-state index < -0.39 is 6.09 Å². The van der Waals surface area contributed by atoms with Gasteiger partial charge in [0.15, 0.2) is 5.82 Å². The predicted molar refractivity (Wildman–Crippen MR) is 113 cm³/mol. The van der Waals surface area contributed by atoms with Gasteiger partial charge in [-0.1, -0.05) is 20.8 Å². The molecule has 0 saturated carbocycles. The Morgan fingerprint density at radius 2 is 1.97 bits per heavy atom. The summed E-state index contributed by atoms with van der Waals surface area (Å²) in [5.41, 5.74) is 0.861. The van der Waals surface area contributed by atoms with Crippen LogP contribution in [0.25, 0.3) is 0 Å². The largest absolute Gasteiger partial charge is 0.465 e. The van der Waals surface area contributed by atoms with E-state index in [2.05, 4.69) is 63.8 Å². The number of nitrogens with one attached hydrogen (secondary N) is 1. The molecule has 2 fully saturated rings. The molecule has 8 nitrogen and oxygen atoms in total. The number of piperidine rings is 1. The quantitative estimate of drug-likeness (QED) is 0.622. The number of hydrogen-bond acceptors (Lipinski definition) is 6. The highest BCUT2D eigenvalue weighted by atomic mass is 79.9. The van der Waals surface area contributed by atoms with Crippen molar-refractivity contribution in [2.45, 2.75) is 72.3 Å². The first kappa shape index (κ1) is 22.2. The molecular weight excluding hydrogens is 440 g/mol. The number of nitrogens with zero attached hydrogens (tertiary/aromatic N) is 3. The van der Waals surface area contributed by atoms with Gasteiger partial charge in [0, 0.05) is 18.5 Å². The fraction of sp³-hybridized carbons (Fsp3) is 0.750. The number of carbonyl (C=O) groups is 1. The van der Waals surface area contributed by atoms with Gasteiger partial charge in [0.2, 0.25) is 0 Å². The molecule has 1 aromatic heterocycles. The number of anilines is 1. The van der Waals surface area contributed by atoms with E-state index >= 15 is 0 Å². The molecule has 2 aliphatic heterocycles. The Balaban J connectivity index is 1.87. The van der Waals surface area contributed by atoms with Crippen molar-refractivity contribution in [1.29, 1.82) is 0 Å². The first-order chi connectivity index (χ1) is 13.5. The number of aryl methyl sites for hydroxylation is 1. The number of ether oxygens (including phenoxy) is 1. The number of hydrogen-bond donors (Lipinski definition) is 3. The molecule has 2 aliphatic rings. The Hall–Kier alpha value is -1.45. The molecule has 1 amide bonds. The molecule has 3 N–H and O–H groups in total. The second kappa shape index (κ2) is 8.00. The summed E-state index contributed by atoms with van der Waals surface area (Å²) >= 11 is 3.37. The Morgan fingerprint density at radius 1 is 1.34 bits per heavy atom. The number of aromatic nitrogens is 2. The number of amides is 1. The fourth-order valence-electron chi connectivity index (χ4n) is 4.78. The summed E-state index contributed by atoms with van der Waals surface area (Å²) in [7, 11) is 0. The lowest BCUT2D eigenvalue weighted by atomic mass is 9.66. The van der Waals surface area contributed by atoms with Crippen molar-refractivity contribution < 1.29 is 19.7 Å². The molecule has 2 saturated heterocycles. The number of aliphatic hydroxyl groups is 1. The van der Waals surface area contributed by atoms with E-state index in [1.54, 1.807) is 0 Å². The van der Waals surface area contributed by atoms with Gasteiger partial charge in [-0.05, 0) is 48.0 Å². The van der Waals surface area contributed by atoms with E-state index in [1.807, 2.05) is 6.92 Å². The van der Waals surface area contributed by atoms with E-state index in [0.717, 1.165) is 18.5 Å². The van der Waals surface area contributed by atoms with Crippen LogP contribution in [-0.2, 0) is 11.3 Å². The lowest BCUT2D eigenvalue weighted by molar-refractivity contribution is -0.0274. The summed E-state index contributed by atoms with van der Waals surface area (Å²) in [6.45, 7) is 11.4. The summed E-state index contributed by atoms with van der Waals surface area (Å²) in [4.78, 5) is 22.8. The van der Waals surface area contributed by atoms with Crippen LogP contribution in [0.5, 0.6) is 0 Å². The molecule has 1 unspecified atom stereocenters. The minimum Gasteiger partial charge on any atom is -0.465 e. The summed E-state index contributed by atoms with van der Waals surface area (Å²) in [6.07, 6.45) is 0.283. The third-order valence-electron chi connectivity index (χ3n) is 6.42. The van der Waals surface area contributed by atoms with Crippen LogP contribution >= 0.6 is 15.9 Å². The molecule has 29 heavy (non-hydrogen) atoms. The average Bonchev–Trinajstić information content (AvgIpc) is 2.90. The minimum absolute atomic E-state index is 0.0548. The Morgan fingerprint density at radius 3 is 2.48 bits per heavy atom. The van der Waals surface area contributed by atoms with Crippen LogP contribution in [0.4, 0.5) is 10.6 Å². The van der Waals surface area contributed by atoms with Gasteiger partial charge in [0.05, 0.1) is 30.6 Å². The van der Waals surface area contributed by atoms with Crippen LogP contribution in [0, 0.1) is 17.8 Å². The van der Waals surface area contributed by atoms with Gasteiger partial charge in [0.25, 0.3) is 0 Å². The SMILES string of the molecule is Cc1nc(N2CCC3(CC2)C(C)O[C@@H](C(C)(C)C)[C@H]3NC(=O)O)c(CO)nc1Br. The highest BCUT2D eigenvalue weighted by molar-refractivity contribution is 9.10. The standard InChI is InChI=1S/C20H31BrN4O4/c1-11-16(21)23-13(10-26)17(22-11)25-8-6-20(7-9-25)12(2)29-15(19(3,4)5)14(20)24-18(27)28/h12,14-15,24,26H,6-10H2,1-5H3,(H,27,28)/t12?,14-,15-/m1/s1. The third kappa shape index (κ3) is 4.09. The van der Waals surface area contributed by atoms with Crippen LogP contribution in [0.3, 0.4) is 0 Å². The summed E-state index contributed by atoms with van der Waals surface area (Å²) in [6, 6.07) is -0.271. The van der Waals surface area contributed by atoms with Crippen LogP contribution in [-0.4, -0.2) is 57.6 Å². The van der Waals surface area contributed by atoms with Crippen LogP contribution in [0.15, 0.2) is 4.60 Å². The third-order valence-corrected chi connectivity index (χ3v) is 7.17. The zero-order chi connectivity index (χ0) is 21.6. The molecule has 162 valence electrons. The van der Waals surface area contributed by atoms with Gasteiger partial charge < -0.3 is 25.2 Å². The van der Waals surface area contributed by atoms with Gasteiger partial charge in [-0.15, -0.1) is 0 Å². The van der Waals surface area contributed by atoms with Gasteiger partial charge in [-0.25, -0.2) is 14.8 Å². The maximum Gasteiger partial charge on any atom is 0.404 e. The monoisotopic (exact) mass is 470 g/mol. The first-order valence-corrected chi connectivity index (χ1v) is 10.8. The number of aliphatic hydroxyl groups excluding tert-OH is 1. The average molecular weight is 471 g/mol. The molecule has 3 rings (SSSR count). The Labute approximate surface area is 180 Å². The number of carboxylic acid groups (broad SMARTS) is 1. The van der Waals surface area contributed by atoms with Crippen molar-refractivity contribution in [2.75, 3.05) is 18.0 Å². The molecule has 9 heteroatoms. The lowest BCUT2D eigenvalue weighted by Gasteiger charge is -2.46. The Bertz CT molecular complexity index is 774. The molecule has 0 radical (unpaired) electrons. The van der Waals surface area contributed by atoms with Crippen LogP contribution in [0.2, 0.25) is 0 Å². The highest BCUT2D eigenvalue weighted by Gasteiger charge is 2.58. The van der Waals surface area contributed by atoms with Crippen molar-refractivity contribution >= 4 is 27.8 Å². The molecule has 0 aromatic carbocycles. The van der Waals surface area contributed by atoms with Crippen LogP contribution in [0.1, 0.15) is 51.9 Å². The molecule has 3 heterocycles. The van der Waals surface area contributed by atoms with E-state index in [0.29, 0.717) is 29.2 Å². The highest BCUT2D eigenvalue weighted by Crippen LogP contribution is 2.51. The van der Waals surface area contributed by atoms with E-state index in [9.17, 15) is 15.0 Å². The van der Waals surface area contributed by atoms with Crippen LogP contribution < -0.4 is 10.2 Å². The van der Waals surface area contributed by atoms with Crippen molar-refractivity contribution in [3.63, 3.8) is 0 Å². The second-order valence-corrected chi connectivity index (χ2v) is 9.99. The van der Waals surface area contributed by atoms with Gasteiger partial charge in [-0.2, -0.15) is 0 Å². The summed E-state index contributed by atoms with van der Waals surface area (Å²) < 4.78 is 6.97. The van der Waals surface area contributed by atoms with Gasteiger partial charge >= 0.3 is 6.09 Å². The minimum atomic E-state index is -1.01. The number of halogens is 1. The van der Waals surface area contributed by atoms with Gasteiger partial charge in [-0.3, -0.25) is 0 Å². The Kier molecular flexibility index (Phi) is 6.13. The lowest BCUT2D eigenvalue weighted by Crippen LogP contribution is -2.57. The second-order valence-electron chi connectivity index (χ2n) is 9.24. The predicted octanol–water partition coefficient (Wildman–Crippen LogP) is 3.10. The first-order valence-electron chi connectivity index (χ1n) is 10.0. The smallest absolute Gasteiger partial charge is 0.404 e. The molecule has 3 atom stereocenters. The zero-order valence-electron chi connectivity index (χ0n) is 17.7. The maximum absolute atomic E-state index is 11.6. The van der Waals surface area contributed by atoms with Crippen molar-refractivity contribution in [2.24, 2.45) is 10.8 Å². The van der Waals surface area contributed by atoms with Gasteiger partial charge in [0.1, 0.15) is 10.3 Å². The van der Waals surface area contributed by atoms with E-state index in [4.69, 9.17) is 4.74 Å².